The minimum absolute atomic E-state index is 0.335. The molecule has 108 valence electrons. The van der Waals surface area contributed by atoms with Crippen molar-refractivity contribution in [1.29, 1.82) is 0 Å². The van der Waals surface area contributed by atoms with Gasteiger partial charge >= 0.3 is 0 Å². The Morgan fingerprint density at radius 2 is 2.24 bits per heavy atom. The van der Waals surface area contributed by atoms with Crippen LogP contribution in [0.1, 0.15) is 30.7 Å². The van der Waals surface area contributed by atoms with Gasteiger partial charge in [0.25, 0.3) is 5.89 Å². The number of imidazole rings is 1. The molecule has 0 unspecified atom stereocenters. The van der Waals surface area contributed by atoms with Crippen LogP contribution in [-0.2, 0) is 5.54 Å². The number of nitrogens with two attached hydrogens (primary N) is 1. The van der Waals surface area contributed by atoms with Gasteiger partial charge in [-0.1, -0.05) is 5.16 Å². The lowest BCUT2D eigenvalue weighted by Crippen LogP contribution is -2.44. The molecule has 0 amide bonds. The summed E-state index contributed by atoms with van der Waals surface area (Å²) in [6.45, 7) is 1.93. The Balaban J connectivity index is 1.66. The number of aromatic amines is 1. The van der Waals surface area contributed by atoms with Gasteiger partial charge in [-0.15, -0.1) is 0 Å². The fraction of sp³-hybridized carbons (Fsp3) is 0.357. The van der Waals surface area contributed by atoms with Crippen LogP contribution in [0.4, 0.5) is 0 Å². The summed E-state index contributed by atoms with van der Waals surface area (Å²) in [7, 11) is 0. The molecule has 3 N–H and O–H groups in total. The van der Waals surface area contributed by atoms with Crippen LogP contribution in [0.25, 0.3) is 23.2 Å². The van der Waals surface area contributed by atoms with E-state index in [1.807, 2.05) is 13.0 Å². The summed E-state index contributed by atoms with van der Waals surface area (Å²) in [4.78, 5) is 11.9. The zero-order valence-corrected chi connectivity index (χ0v) is 11.6. The molecule has 1 saturated carbocycles. The predicted octanol–water partition coefficient (Wildman–Crippen LogP) is 2.37. The lowest BCUT2D eigenvalue weighted by atomic mass is 9.77. The third kappa shape index (κ3) is 1.89. The average Bonchev–Trinajstić information content (AvgIpc) is 3.14. The molecule has 7 nitrogen and oxygen atoms in total. The molecule has 1 aliphatic rings. The minimum atomic E-state index is -0.335. The number of aryl methyl sites for hydroxylation is 1. The van der Waals surface area contributed by atoms with Crippen LogP contribution >= 0.6 is 0 Å². The Hall–Kier alpha value is -2.41. The molecule has 0 aliphatic heterocycles. The summed E-state index contributed by atoms with van der Waals surface area (Å²) >= 11 is 0. The zero-order chi connectivity index (χ0) is 14.4. The summed E-state index contributed by atoms with van der Waals surface area (Å²) in [6.07, 6.45) is 6.30. The van der Waals surface area contributed by atoms with Crippen molar-refractivity contribution in [2.75, 3.05) is 0 Å². The Morgan fingerprint density at radius 1 is 1.38 bits per heavy atom. The van der Waals surface area contributed by atoms with E-state index in [-0.39, 0.29) is 5.54 Å². The van der Waals surface area contributed by atoms with Crippen molar-refractivity contribution in [1.82, 2.24) is 20.1 Å². The molecule has 3 aromatic heterocycles. The molecule has 0 atom stereocenters. The highest BCUT2D eigenvalue weighted by Crippen LogP contribution is 2.37. The van der Waals surface area contributed by atoms with Gasteiger partial charge in [0.05, 0.1) is 18.0 Å². The predicted molar refractivity (Wildman–Crippen MR) is 74.0 cm³/mol. The normalized spacial score (nSPS) is 16.9. The van der Waals surface area contributed by atoms with Crippen molar-refractivity contribution in [2.24, 2.45) is 5.73 Å². The molecule has 4 rings (SSSR count). The van der Waals surface area contributed by atoms with Gasteiger partial charge in [0.15, 0.2) is 5.76 Å². The van der Waals surface area contributed by atoms with E-state index in [4.69, 9.17) is 14.7 Å². The molecule has 0 radical (unpaired) electrons. The van der Waals surface area contributed by atoms with Crippen molar-refractivity contribution >= 4 is 0 Å². The topological polar surface area (TPSA) is 107 Å². The third-order valence-electron chi connectivity index (χ3n) is 4.01. The SMILES string of the molecule is Cc1ccoc1-c1noc(-c2cnc(C3(N)CCC3)[nH]2)n1. The largest absolute Gasteiger partial charge is 0.461 e. The Morgan fingerprint density at radius 3 is 2.90 bits per heavy atom. The fourth-order valence-corrected chi connectivity index (χ4v) is 2.50. The zero-order valence-electron chi connectivity index (χ0n) is 11.6. The van der Waals surface area contributed by atoms with E-state index in [2.05, 4.69) is 20.1 Å². The molecular weight excluding hydrogens is 270 g/mol. The molecule has 3 aromatic rings. The number of H-pyrrole nitrogens is 1. The van der Waals surface area contributed by atoms with Crippen molar-refractivity contribution in [3.05, 3.63) is 29.9 Å². The first-order valence-electron chi connectivity index (χ1n) is 6.89. The van der Waals surface area contributed by atoms with Crippen molar-refractivity contribution in [2.45, 2.75) is 31.7 Å². The Kier molecular flexibility index (Phi) is 2.52. The second-order valence-corrected chi connectivity index (χ2v) is 5.51. The van der Waals surface area contributed by atoms with Crippen LogP contribution in [-0.4, -0.2) is 20.1 Å². The van der Waals surface area contributed by atoms with Gasteiger partial charge in [-0.05, 0) is 37.8 Å². The van der Waals surface area contributed by atoms with Gasteiger partial charge in [0.1, 0.15) is 11.5 Å². The third-order valence-corrected chi connectivity index (χ3v) is 4.01. The molecule has 21 heavy (non-hydrogen) atoms. The smallest absolute Gasteiger partial charge is 0.276 e. The summed E-state index contributed by atoms with van der Waals surface area (Å²) in [5.74, 6) is 2.19. The number of aromatic nitrogens is 4. The van der Waals surface area contributed by atoms with E-state index in [1.54, 1.807) is 12.5 Å². The van der Waals surface area contributed by atoms with E-state index in [0.717, 1.165) is 30.7 Å². The quantitative estimate of drug-likeness (QED) is 0.765. The first-order chi connectivity index (χ1) is 10.2. The van der Waals surface area contributed by atoms with E-state index < -0.39 is 0 Å². The van der Waals surface area contributed by atoms with Crippen molar-refractivity contribution < 1.29 is 8.94 Å². The first kappa shape index (κ1) is 12.3. The number of nitrogens with one attached hydrogen (secondary N) is 1. The maximum absolute atomic E-state index is 6.24. The maximum Gasteiger partial charge on any atom is 0.276 e. The van der Waals surface area contributed by atoms with Gasteiger partial charge in [0, 0.05) is 0 Å². The van der Waals surface area contributed by atoms with Crippen LogP contribution in [0.15, 0.2) is 27.5 Å². The average molecular weight is 285 g/mol. The number of furan rings is 1. The van der Waals surface area contributed by atoms with Crippen LogP contribution in [0, 0.1) is 6.92 Å². The van der Waals surface area contributed by atoms with E-state index in [9.17, 15) is 0 Å². The van der Waals surface area contributed by atoms with Crippen molar-refractivity contribution in [3.8, 4) is 23.2 Å². The second kappa shape index (κ2) is 4.29. The molecule has 1 aliphatic carbocycles. The molecule has 0 aromatic carbocycles. The van der Waals surface area contributed by atoms with E-state index >= 15 is 0 Å². The van der Waals surface area contributed by atoms with E-state index in [0.29, 0.717) is 23.2 Å². The molecule has 3 heterocycles. The van der Waals surface area contributed by atoms with Gasteiger partial charge in [-0.2, -0.15) is 4.98 Å². The number of rotatable bonds is 3. The maximum atomic E-state index is 6.24. The second-order valence-electron chi connectivity index (χ2n) is 5.51. The van der Waals surface area contributed by atoms with Gasteiger partial charge < -0.3 is 19.7 Å². The molecule has 1 fully saturated rings. The van der Waals surface area contributed by atoms with Crippen LogP contribution < -0.4 is 5.73 Å². The van der Waals surface area contributed by atoms with Gasteiger partial charge in [0.2, 0.25) is 5.82 Å². The molecule has 0 spiro atoms. The van der Waals surface area contributed by atoms with E-state index in [1.165, 1.54) is 0 Å². The Labute approximate surface area is 120 Å². The monoisotopic (exact) mass is 285 g/mol. The lowest BCUT2D eigenvalue weighted by Gasteiger charge is -2.35. The Bertz CT molecular complexity index is 781. The standard InChI is InChI=1S/C14H15N5O2/c1-8-3-6-20-10(8)11-18-12(21-19-11)9-7-16-13(17-9)14(15)4-2-5-14/h3,6-7H,2,4-5,15H2,1H3,(H,16,17). The summed E-state index contributed by atoms with van der Waals surface area (Å²) in [6, 6.07) is 1.86. The summed E-state index contributed by atoms with van der Waals surface area (Å²) in [5.41, 5.74) is 7.54. The highest BCUT2D eigenvalue weighted by molar-refractivity contribution is 5.55. The number of hydrogen-bond donors (Lipinski definition) is 2. The summed E-state index contributed by atoms with van der Waals surface area (Å²) < 4.78 is 10.6. The van der Waals surface area contributed by atoms with Crippen LogP contribution in [0.2, 0.25) is 0 Å². The molecule has 0 bridgehead atoms. The first-order valence-corrected chi connectivity index (χ1v) is 6.89. The van der Waals surface area contributed by atoms with Crippen LogP contribution in [0.5, 0.6) is 0 Å². The summed E-state index contributed by atoms with van der Waals surface area (Å²) in [5, 5.41) is 3.94. The number of nitrogens with zero attached hydrogens (tertiary/aromatic N) is 3. The molecule has 0 saturated heterocycles. The van der Waals surface area contributed by atoms with Gasteiger partial charge in [-0.25, -0.2) is 4.98 Å². The number of hydrogen-bond acceptors (Lipinski definition) is 6. The molecular formula is C14H15N5O2. The minimum Gasteiger partial charge on any atom is -0.461 e. The van der Waals surface area contributed by atoms with Gasteiger partial charge in [-0.3, -0.25) is 0 Å². The highest BCUT2D eigenvalue weighted by atomic mass is 16.5. The highest BCUT2D eigenvalue weighted by Gasteiger charge is 2.37. The molecule has 7 heteroatoms. The van der Waals surface area contributed by atoms with Crippen molar-refractivity contribution in [3.63, 3.8) is 0 Å². The van der Waals surface area contributed by atoms with Crippen LogP contribution in [0.3, 0.4) is 0 Å². The lowest BCUT2D eigenvalue weighted by molar-refractivity contribution is 0.240. The fourth-order valence-electron chi connectivity index (χ4n) is 2.50.